The molecule has 1 unspecified atom stereocenters. The van der Waals surface area contributed by atoms with Crippen molar-refractivity contribution in [2.45, 2.75) is 32.9 Å². The molecule has 0 saturated heterocycles. The third-order valence-electron chi connectivity index (χ3n) is 2.85. The monoisotopic (exact) mass is 248 g/mol. The summed E-state index contributed by atoms with van der Waals surface area (Å²) in [6.07, 6.45) is 2.50. The molecule has 96 valence electrons. The fraction of sp³-hybridized carbons (Fsp3) is 0.385. The maximum Gasteiger partial charge on any atom is 0.132 e. The molecule has 2 rings (SSSR count). The Bertz CT molecular complexity index is 534. The molecular weight excluding hydrogens is 231 g/mol. The quantitative estimate of drug-likeness (QED) is 0.904. The maximum atomic E-state index is 13.9. The average Bonchev–Trinajstić information content (AvgIpc) is 2.78. The molecule has 1 aromatic carbocycles. The molecular formula is C13H17FN4. The molecule has 0 amide bonds. The largest absolute Gasteiger partial charge is 0.324 e. The van der Waals surface area contributed by atoms with E-state index >= 15 is 0 Å². The molecule has 0 fully saturated rings. The van der Waals surface area contributed by atoms with E-state index in [2.05, 4.69) is 10.3 Å². The number of aryl methyl sites for hydroxylation is 1. The van der Waals surface area contributed by atoms with Gasteiger partial charge in [-0.1, -0.05) is 18.2 Å². The molecule has 4 nitrogen and oxygen atoms in total. The van der Waals surface area contributed by atoms with E-state index in [0.717, 1.165) is 18.5 Å². The summed E-state index contributed by atoms with van der Waals surface area (Å²) in [6.45, 7) is 4.63. The van der Waals surface area contributed by atoms with Crippen molar-refractivity contribution >= 4 is 0 Å². The first kappa shape index (κ1) is 12.7. The van der Waals surface area contributed by atoms with Crippen LogP contribution in [0.3, 0.4) is 0 Å². The van der Waals surface area contributed by atoms with Crippen molar-refractivity contribution in [3.05, 3.63) is 35.8 Å². The van der Waals surface area contributed by atoms with E-state index in [9.17, 15) is 4.39 Å². The zero-order valence-electron chi connectivity index (χ0n) is 10.6. The molecule has 1 atom stereocenters. The summed E-state index contributed by atoms with van der Waals surface area (Å²) in [6, 6.07) is 4.79. The normalized spacial score (nSPS) is 12.7. The van der Waals surface area contributed by atoms with Gasteiger partial charge in [-0.05, 0) is 31.0 Å². The summed E-state index contributed by atoms with van der Waals surface area (Å²) in [7, 11) is 0. The molecule has 0 aliphatic carbocycles. The Morgan fingerprint density at radius 2 is 2.22 bits per heavy atom. The van der Waals surface area contributed by atoms with E-state index in [1.54, 1.807) is 23.0 Å². The number of halogens is 1. The lowest BCUT2D eigenvalue weighted by molar-refractivity contribution is 0.578. The SMILES string of the molecule is CCCn1nncc1-c1cc(C(C)N)ccc1F. The molecule has 0 aliphatic heterocycles. The zero-order valence-corrected chi connectivity index (χ0v) is 10.6. The second-order valence-corrected chi connectivity index (χ2v) is 4.37. The number of rotatable bonds is 4. The minimum Gasteiger partial charge on any atom is -0.324 e. The van der Waals surface area contributed by atoms with Crippen molar-refractivity contribution in [1.29, 1.82) is 0 Å². The highest BCUT2D eigenvalue weighted by Crippen LogP contribution is 2.25. The van der Waals surface area contributed by atoms with Gasteiger partial charge in [0.25, 0.3) is 0 Å². The standard InChI is InChI=1S/C13H17FN4/c1-3-6-18-13(8-16-17-18)11-7-10(9(2)15)4-5-12(11)14/h4-5,7-9H,3,6,15H2,1-2H3. The Balaban J connectivity index is 2.48. The van der Waals surface area contributed by atoms with E-state index in [-0.39, 0.29) is 11.9 Å². The summed E-state index contributed by atoms with van der Waals surface area (Å²) in [5.74, 6) is -0.279. The Hall–Kier alpha value is -1.75. The van der Waals surface area contributed by atoms with Crippen LogP contribution in [-0.2, 0) is 6.54 Å². The lowest BCUT2D eigenvalue weighted by atomic mass is 10.0. The summed E-state index contributed by atoms with van der Waals surface area (Å²) in [5, 5.41) is 7.81. The maximum absolute atomic E-state index is 13.9. The lowest BCUT2D eigenvalue weighted by Gasteiger charge is -2.10. The molecule has 0 bridgehead atoms. The molecule has 0 radical (unpaired) electrons. The van der Waals surface area contributed by atoms with Crippen molar-refractivity contribution in [1.82, 2.24) is 15.0 Å². The van der Waals surface area contributed by atoms with Gasteiger partial charge >= 0.3 is 0 Å². The third kappa shape index (κ3) is 2.41. The van der Waals surface area contributed by atoms with Crippen molar-refractivity contribution in [3.63, 3.8) is 0 Å². The summed E-state index contributed by atoms with van der Waals surface area (Å²) < 4.78 is 15.6. The van der Waals surface area contributed by atoms with Crippen molar-refractivity contribution in [2.24, 2.45) is 5.73 Å². The number of hydrogen-bond donors (Lipinski definition) is 1. The molecule has 1 heterocycles. The number of aromatic nitrogens is 3. The topological polar surface area (TPSA) is 56.7 Å². The Morgan fingerprint density at radius 3 is 2.89 bits per heavy atom. The van der Waals surface area contributed by atoms with Gasteiger partial charge in [0.05, 0.1) is 11.9 Å². The highest BCUT2D eigenvalue weighted by atomic mass is 19.1. The van der Waals surface area contributed by atoms with Crippen LogP contribution in [0.2, 0.25) is 0 Å². The van der Waals surface area contributed by atoms with Crippen LogP contribution in [0.4, 0.5) is 4.39 Å². The number of nitrogens with two attached hydrogens (primary N) is 1. The van der Waals surface area contributed by atoms with Gasteiger partial charge < -0.3 is 5.73 Å². The van der Waals surface area contributed by atoms with Gasteiger partial charge in [-0.2, -0.15) is 0 Å². The van der Waals surface area contributed by atoms with E-state index in [4.69, 9.17) is 5.73 Å². The van der Waals surface area contributed by atoms with Crippen LogP contribution in [0.1, 0.15) is 31.9 Å². The summed E-state index contributed by atoms with van der Waals surface area (Å²) in [5.41, 5.74) is 7.92. The smallest absolute Gasteiger partial charge is 0.132 e. The van der Waals surface area contributed by atoms with Crippen LogP contribution < -0.4 is 5.73 Å². The predicted octanol–water partition coefficient (Wildman–Crippen LogP) is 2.51. The van der Waals surface area contributed by atoms with E-state index in [1.165, 1.54) is 6.07 Å². The van der Waals surface area contributed by atoms with Crippen LogP contribution in [-0.4, -0.2) is 15.0 Å². The first-order valence-electron chi connectivity index (χ1n) is 6.07. The first-order valence-corrected chi connectivity index (χ1v) is 6.07. The number of benzene rings is 1. The predicted molar refractivity (Wildman–Crippen MR) is 68.3 cm³/mol. The molecule has 18 heavy (non-hydrogen) atoms. The third-order valence-corrected chi connectivity index (χ3v) is 2.85. The fourth-order valence-corrected chi connectivity index (χ4v) is 1.87. The van der Waals surface area contributed by atoms with Crippen molar-refractivity contribution < 1.29 is 4.39 Å². The molecule has 5 heteroatoms. The number of hydrogen-bond acceptors (Lipinski definition) is 3. The van der Waals surface area contributed by atoms with Crippen LogP contribution >= 0.6 is 0 Å². The Labute approximate surface area is 106 Å². The van der Waals surface area contributed by atoms with Gasteiger partial charge in [0, 0.05) is 18.2 Å². The Morgan fingerprint density at radius 1 is 1.44 bits per heavy atom. The minimum absolute atomic E-state index is 0.125. The van der Waals surface area contributed by atoms with Crippen LogP contribution in [0, 0.1) is 5.82 Å². The van der Waals surface area contributed by atoms with Gasteiger partial charge in [0.15, 0.2) is 0 Å². The lowest BCUT2D eigenvalue weighted by Crippen LogP contribution is -2.07. The second kappa shape index (κ2) is 5.27. The fourth-order valence-electron chi connectivity index (χ4n) is 1.87. The van der Waals surface area contributed by atoms with Crippen LogP contribution in [0.25, 0.3) is 11.3 Å². The molecule has 2 N–H and O–H groups in total. The molecule has 0 spiro atoms. The van der Waals surface area contributed by atoms with Crippen molar-refractivity contribution in [3.8, 4) is 11.3 Å². The van der Waals surface area contributed by atoms with Crippen LogP contribution in [0.5, 0.6) is 0 Å². The highest BCUT2D eigenvalue weighted by Gasteiger charge is 2.13. The van der Waals surface area contributed by atoms with Gasteiger partial charge in [0.1, 0.15) is 5.82 Å². The van der Waals surface area contributed by atoms with Crippen molar-refractivity contribution in [2.75, 3.05) is 0 Å². The number of nitrogens with zero attached hydrogens (tertiary/aromatic N) is 3. The van der Waals surface area contributed by atoms with Gasteiger partial charge in [-0.3, -0.25) is 0 Å². The Kier molecular flexibility index (Phi) is 3.72. The molecule has 0 saturated carbocycles. The summed E-state index contributed by atoms with van der Waals surface area (Å²) >= 11 is 0. The summed E-state index contributed by atoms with van der Waals surface area (Å²) in [4.78, 5) is 0. The highest BCUT2D eigenvalue weighted by molar-refractivity contribution is 5.60. The van der Waals surface area contributed by atoms with Crippen LogP contribution in [0.15, 0.2) is 24.4 Å². The van der Waals surface area contributed by atoms with Gasteiger partial charge in [-0.15, -0.1) is 5.10 Å². The molecule has 0 aliphatic rings. The first-order chi connectivity index (χ1) is 8.63. The average molecular weight is 248 g/mol. The molecule has 2 aromatic rings. The van der Waals surface area contributed by atoms with E-state index in [0.29, 0.717) is 11.3 Å². The van der Waals surface area contributed by atoms with Gasteiger partial charge in [0.2, 0.25) is 0 Å². The minimum atomic E-state index is -0.279. The second-order valence-electron chi connectivity index (χ2n) is 4.37. The van der Waals surface area contributed by atoms with Gasteiger partial charge in [-0.25, -0.2) is 9.07 Å². The van der Waals surface area contributed by atoms with E-state index in [1.807, 2.05) is 13.8 Å². The zero-order chi connectivity index (χ0) is 13.1. The molecule has 1 aromatic heterocycles. The van der Waals surface area contributed by atoms with E-state index < -0.39 is 0 Å².